The van der Waals surface area contributed by atoms with Crippen molar-refractivity contribution in [2.24, 2.45) is 0 Å². The molecule has 4 aromatic rings. The minimum absolute atomic E-state index is 0.0333. The van der Waals surface area contributed by atoms with Crippen LogP contribution in [0.25, 0.3) is 27.6 Å². The van der Waals surface area contributed by atoms with E-state index in [0.29, 0.717) is 16.8 Å². The first-order valence-electron chi connectivity index (χ1n) is 8.83. The molecule has 4 rings (SSSR count). The van der Waals surface area contributed by atoms with Crippen LogP contribution in [0.4, 0.5) is 13.2 Å². The molecule has 0 aliphatic heterocycles. The number of fused-ring (bicyclic) bond motifs is 1. The van der Waals surface area contributed by atoms with Crippen LogP contribution in [0.5, 0.6) is 0 Å². The Bertz CT molecular complexity index is 1320. The number of pyridine rings is 1. The molecule has 0 aliphatic rings. The van der Waals surface area contributed by atoms with Crippen molar-refractivity contribution < 1.29 is 22.7 Å². The summed E-state index contributed by atoms with van der Waals surface area (Å²) < 4.78 is 44.5. The molecule has 4 aromatic heterocycles. The second kappa shape index (κ2) is 7.58. The number of carbonyl (C=O) groups is 1. The lowest BCUT2D eigenvalue weighted by Crippen LogP contribution is -2.14. The van der Waals surface area contributed by atoms with Gasteiger partial charge in [0.15, 0.2) is 10.7 Å². The number of rotatable bonds is 4. The Kier molecular flexibility index (Phi) is 5.05. The molecule has 0 fully saturated rings. The number of aromatic nitrogens is 6. The molecule has 0 saturated heterocycles. The van der Waals surface area contributed by atoms with Gasteiger partial charge in [-0.15, -0.1) is 10.2 Å². The maximum Gasteiger partial charge on any atom is 0.417 e. The van der Waals surface area contributed by atoms with E-state index in [1.807, 2.05) is 0 Å². The highest BCUT2D eigenvalue weighted by molar-refractivity contribution is 7.16. The summed E-state index contributed by atoms with van der Waals surface area (Å²) in [6.45, 7) is 3.40. The van der Waals surface area contributed by atoms with Gasteiger partial charge >= 0.3 is 12.1 Å². The Morgan fingerprint density at radius 2 is 2.00 bits per heavy atom. The molecule has 0 aromatic carbocycles. The Hall–Kier alpha value is -3.61. The molecule has 160 valence electrons. The van der Waals surface area contributed by atoms with E-state index in [1.165, 1.54) is 6.20 Å². The third-order valence-electron chi connectivity index (χ3n) is 4.02. The molecular formula is C18H13F3N6O3S. The van der Waals surface area contributed by atoms with Gasteiger partial charge in [0.05, 0.1) is 28.6 Å². The van der Waals surface area contributed by atoms with E-state index in [1.54, 1.807) is 13.8 Å². The van der Waals surface area contributed by atoms with Gasteiger partial charge in [-0.2, -0.15) is 13.2 Å². The molecule has 0 radical (unpaired) electrons. The second-order valence-electron chi connectivity index (χ2n) is 6.62. The summed E-state index contributed by atoms with van der Waals surface area (Å²) in [5.74, 6) is -0.627. The van der Waals surface area contributed by atoms with Crippen LogP contribution in [0.15, 0.2) is 35.4 Å². The fourth-order valence-corrected chi connectivity index (χ4v) is 3.40. The van der Waals surface area contributed by atoms with Crippen molar-refractivity contribution in [3.05, 3.63) is 51.5 Å². The van der Waals surface area contributed by atoms with Gasteiger partial charge in [-0.3, -0.25) is 14.9 Å². The number of H-pyrrole nitrogens is 1. The van der Waals surface area contributed by atoms with Crippen molar-refractivity contribution in [2.75, 3.05) is 0 Å². The highest BCUT2D eigenvalue weighted by Gasteiger charge is 2.30. The topological polar surface area (TPSA) is 115 Å². The van der Waals surface area contributed by atoms with Crippen molar-refractivity contribution in [3.63, 3.8) is 0 Å². The van der Waals surface area contributed by atoms with E-state index in [9.17, 15) is 22.8 Å². The number of carbonyl (C=O) groups excluding carboxylic acids is 1. The number of ether oxygens (including phenoxy) is 1. The third-order valence-corrected chi connectivity index (χ3v) is 4.96. The van der Waals surface area contributed by atoms with Gasteiger partial charge in [0.25, 0.3) is 5.56 Å². The monoisotopic (exact) mass is 450 g/mol. The Morgan fingerprint density at radius 1 is 1.23 bits per heavy atom. The van der Waals surface area contributed by atoms with Crippen LogP contribution in [-0.2, 0) is 10.9 Å². The molecule has 0 spiro atoms. The molecule has 0 bridgehead atoms. The highest BCUT2D eigenvalue weighted by atomic mass is 32.1. The zero-order valence-electron chi connectivity index (χ0n) is 16.0. The number of nitrogens with zero attached hydrogens (tertiary/aromatic N) is 5. The third kappa shape index (κ3) is 4.03. The first kappa shape index (κ1) is 20.7. The van der Waals surface area contributed by atoms with Crippen LogP contribution in [-0.4, -0.2) is 41.9 Å². The number of nitrogens with one attached hydrogen (secondary N) is 1. The van der Waals surface area contributed by atoms with Gasteiger partial charge in [0.2, 0.25) is 5.01 Å². The minimum Gasteiger partial charge on any atom is -0.458 e. The van der Waals surface area contributed by atoms with Crippen molar-refractivity contribution >= 4 is 23.0 Å². The molecule has 13 heteroatoms. The number of halogens is 3. The molecule has 1 N–H and O–H groups in total. The standard InChI is InChI=1S/C18H13F3N6O3S/c1-8(2)30-17(29)16-26-25-15(31-16)10-7-23-27-13(28)5-12(24-14(10)27)11-4-3-9(6-22-11)18(19,20)21/h3-8,23H,1-2H3. The average molecular weight is 450 g/mol. The van der Waals surface area contributed by atoms with Crippen LogP contribution >= 0.6 is 11.3 Å². The van der Waals surface area contributed by atoms with Crippen LogP contribution < -0.4 is 5.56 Å². The van der Waals surface area contributed by atoms with E-state index < -0.39 is 23.3 Å². The first-order valence-corrected chi connectivity index (χ1v) is 9.65. The number of alkyl halides is 3. The summed E-state index contributed by atoms with van der Waals surface area (Å²) in [6.07, 6.45) is -2.71. The van der Waals surface area contributed by atoms with Crippen molar-refractivity contribution in [3.8, 4) is 22.0 Å². The summed E-state index contributed by atoms with van der Waals surface area (Å²) in [5.41, 5.74) is -0.694. The van der Waals surface area contributed by atoms with E-state index in [2.05, 4.69) is 25.3 Å². The first-order chi connectivity index (χ1) is 14.6. The predicted molar refractivity (Wildman–Crippen MR) is 104 cm³/mol. The van der Waals surface area contributed by atoms with Gasteiger partial charge in [0.1, 0.15) is 0 Å². The van der Waals surface area contributed by atoms with Gasteiger partial charge in [0, 0.05) is 18.5 Å². The Morgan fingerprint density at radius 3 is 2.65 bits per heavy atom. The molecule has 0 unspecified atom stereocenters. The fraction of sp³-hybridized carbons (Fsp3) is 0.222. The second-order valence-corrected chi connectivity index (χ2v) is 7.60. The quantitative estimate of drug-likeness (QED) is 0.475. The lowest BCUT2D eigenvalue weighted by molar-refractivity contribution is -0.137. The maximum atomic E-state index is 12.8. The fourth-order valence-electron chi connectivity index (χ4n) is 2.66. The molecule has 0 aliphatic carbocycles. The molecular weight excluding hydrogens is 437 g/mol. The molecule has 0 atom stereocenters. The van der Waals surface area contributed by atoms with Crippen molar-refractivity contribution in [2.45, 2.75) is 26.1 Å². The summed E-state index contributed by atoms with van der Waals surface area (Å²) >= 11 is 0.955. The van der Waals surface area contributed by atoms with E-state index in [4.69, 9.17) is 4.74 Å². The highest BCUT2D eigenvalue weighted by Crippen LogP contribution is 2.30. The Balaban J connectivity index is 1.75. The van der Waals surface area contributed by atoms with Crippen molar-refractivity contribution in [1.29, 1.82) is 0 Å². The van der Waals surface area contributed by atoms with Crippen molar-refractivity contribution in [1.82, 2.24) is 29.8 Å². The molecule has 0 saturated carbocycles. The number of hydrogen-bond acceptors (Lipinski definition) is 8. The maximum absolute atomic E-state index is 12.8. The van der Waals surface area contributed by atoms with Gasteiger partial charge < -0.3 is 4.74 Å². The van der Waals surface area contributed by atoms with Crippen LogP contribution in [0.1, 0.15) is 29.2 Å². The van der Waals surface area contributed by atoms with E-state index >= 15 is 0 Å². The molecule has 31 heavy (non-hydrogen) atoms. The van der Waals surface area contributed by atoms with Crippen LogP contribution in [0.2, 0.25) is 0 Å². The van der Waals surface area contributed by atoms with Gasteiger partial charge in [-0.1, -0.05) is 11.3 Å². The largest absolute Gasteiger partial charge is 0.458 e. The smallest absolute Gasteiger partial charge is 0.417 e. The lowest BCUT2D eigenvalue weighted by Gasteiger charge is -2.06. The number of aromatic amines is 1. The lowest BCUT2D eigenvalue weighted by atomic mass is 10.2. The summed E-state index contributed by atoms with van der Waals surface area (Å²) in [7, 11) is 0. The summed E-state index contributed by atoms with van der Waals surface area (Å²) in [6, 6.07) is 3.15. The molecule has 0 amide bonds. The predicted octanol–water partition coefficient (Wildman–Crippen LogP) is 3.19. The Labute approximate surface area is 175 Å². The zero-order chi connectivity index (χ0) is 22.3. The summed E-state index contributed by atoms with van der Waals surface area (Å²) in [5, 5.41) is 10.8. The normalized spacial score (nSPS) is 11.9. The SMILES string of the molecule is CC(C)OC(=O)c1nnc(-c2c[nH]n3c(=O)cc(-c4ccc(C(F)(F)F)cn4)nc23)s1. The molecule has 9 nitrogen and oxygen atoms in total. The number of hydrogen-bond donors (Lipinski definition) is 1. The zero-order valence-corrected chi connectivity index (χ0v) is 16.8. The van der Waals surface area contributed by atoms with Crippen LogP contribution in [0.3, 0.4) is 0 Å². The summed E-state index contributed by atoms with van der Waals surface area (Å²) in [4.78, 5) is 32.6. The van der Waals surface area contributed by atoms with Crippen LogP contribution in [0, 0.1) is 0 Å². The average Bonchev–Trinajstić information content (AvgIpc) is 3.34. The van der Waals surface area contributed by atoms with Gasteiger partial charge in [-0.05, 0) is 26.0 Å². The van der Waals surface area contributed by atoms with Gasteiger partial charge in [-0.25, -0.2) is 14.3 Å². The van der Waals surface area contributed by atoms with E-state index in [-0.39, 0.29) is 28.1 Å². The minimum atomic E-state index is -4.53. The number of esters is 1. The molecule has 4 heterocycles. The van der Waals surface area contributed by atoms with E-state index in [0.717, 1.165) is 34.1 Å².